The van der Waals surface area contributed by atoms with Crippen LogP contribution in [0.25, 0.3) is 6.08 Å². The van der Waals surface area contributed by atoms with Gasteiger partial charge in [0.15, 0.2) is 0 Å². The van der Waals surface area contributed by atoms with Gasteiger partial charge >= 0.3 is 6.61 Å². The first-order chi connectivity index (χ1) is 12.9. The van der Waals surface area contributed by atoms with E-state index in [0.717, 1.165) is 5.56 Å². The number of hydrogen-bond donors (Lipinski definition) is 1. The molecule has 0 aliphatic heterocycles. The first-order valence-corrected chi connectivity index (χ1v) is 8.28. The predicted octanol–water partition coefficient (Wildman–Crippen LogP) is 3.21. The summed E-state index contributed by atoms with van der Waals surface area (Å²) in [4.78, 5) is 25.1. The van der Waals surface area contributed by atoms with Gasteiger partial charge in [0, 0.05) is 25.6 Å². The van der Waals surface area contributed by atoms with Crippen LogP contribution in [0.15, 0.2) is 60.7 Å². The van der Waals surface area contributed by atoms with Gasteiger partial charge in [0.05, 0.1) is 0 Å². The third kappa shape index (κ3) is 7.27. The molecule has 0 fully saturated rings. The van der Waals surface area contributed by atoms with Crippen molar-refractivity contribution in [2.45, 2.75) is 19.6 Å². The fourth-order valence-electron chi connectivity index (χ4n) is 2.35. The Bertz CT molecular complexity index is 778. The van der Waals surface area contributed by atoms with Crippen LogP contribution in [0, 0.1) is 0 Å². The summed E-state index contributed by atoms with van der Waals surface area (Å²) in [7, 11) is 0. The minimum atomic E-state index is -2.88. The van der Waals surface area contributed by atoms with E-state index in [1.165, 1.54) is 23.1 Å². The summed E-state index contributed by atoms with van der Waals surface area (Å²) >= 11 is 0. The van der Waals surface area contributed by atoms with Crippen molar-refractivity contribution in [3.63, 3.8) is 0 Å². The van der Waals surface area contributed by atoms with E-state index in [1.807, 2.05) is 30.3 Å². The lowest BCUT2D eigenvalue weighted by atomic mass is 10.2. The Balaban J connectivity index is 2.04. The highest BCUT2D eigenvalue weighted by atomic mass is 19.3. The second-order valence-corrected chi connectivity index (χ2v) is 5.74. The highest BCUT2D eigenvalue weighted by Gasteiger charge is 2.12. The SMILES string of the molecule is NC(=O)CCN(Cc1ccccc1)C(=O)C=Cc1ccc(OC(F)F)cc1. The van der Waals surface area contributed by atoms with E-state index in [2.05, 4.69) is 4.74 Å². The van der Waals surface area contributed by atoms with Gasteiger partial charge in [0.2, 0.25) is 11.8 Å². The van der Waals surface area contributed by atoms with Gasteiger partial charge in [-0.25, -0.2) is 0 Å². The molecule has 0 saturated heterocycles. The minimum Gasteiger partial charge on any atom is -0.435 e. The molecule has 2 aromatic rings. The summed E-state index contributed by atoms with van der Waals surface area (Å²) < 4.78 is 28.6. The summed E-state index contributed by atoms with van der Waals surface area (Å²) in [6.45, 7) is -2.34. The van der Waals surface area contributed by atoms with Crippen LogP contribution in [0.3, 0.4) is 0 Å². The molecule has 27 heavy (non-hydrogen) atoms. The van der Waals surface area contributed by atoms with Gasteiger partial charge in [0.1, 0.15) is 5.75 Å². The number of ether oxygens (including phenoxy) is 1. The zero-order valence-corrected chi connectivity index (χ0v) is 14.6. The van der Waals surface area contributed by atoms with E-state index in [9.17, 15) is 18.4 Å². The Morgan fingerprint density at radius 2 is 1.74 bits per heavy atom. The molecule has 2 N–H and O–H groups in total. The fourth-order valence-corrected chi connectivity index (χ4v) is 2.35. The Morgan fingerprint density at radius 1 is 1.07 bits per heavy atom. The van der Waals surface area contributed by atoms with Crippen LogP contribution in [0.4, 0.5) is 8.78 Å². The summed E-state index contributed by atoms with van der Waals surface area (Å²) in [5.41, 5.74) is 6.77. The van der Waals surface area contributed by atoms with Crippen LogP contribution in [0.1, 0.15) is 17.5 Å². The third-order valence-corrected chi connectivity index (χ3v) is 3.68. The smallest absolute Gasteiger partial charge is 0.387 e. The van der Waals surface area contributed by atoms with Crippen molar-refractivity contribution in [3.8, 4) is 5.75 Å². The quantitative estimate of drug-likeness (QED) is 0.685. The molecule has 0 spiro atoms. The molecule has 0 aromatic heterocycles. The molecule has 0 unspecified atom stereocenters. The number of primary amides is 1. The zero-order valence-electron chi connectivity index (χ0n) is 14.6. The molecule has 0 saturated carbocycles. The monoisotopic (exact) mass is 374 g/mol. The van der Waals surface area contributed by atoms with Crippen LogP contribution in [0.2, 0.25) is 0 Å². The average Bonchev–Trinajstić information content (AvgIpc) is 2.64. The van der Waals surface area contributed by atoms with Crippen molar-refractivity contribution in [3.05, 3.63) is 71.8 Å². The number of carbonyl (C=O) groups excluding carboxylic acids is 2. The molecule has 142 valence electrons. The summed E-state index contributed by atoms with van der Waals surface area (Å²) in [6.07, 6.45) is 3.00. The molecule has 0 bridgehead atoms. The number of carbonyl (C=O) groups is 2. The Labute approximate surface area is 156 Å². The Morgan fingerprint density at radius 3 is 2.33 bits per heavy atom. The van der Waals surface area contributed by atoms with Crippen molar-refractivity contribution < 1.29 is 23.1 Å². The van der Waals surface area contributed by atoms with Gasteiger partial charge in [-0.15, -0.1) is 0 Å². The van der Waals surface area contributed by atoms with E-state index < -0.39 is 12.5 Å². The first-order valence-electron chi connectivity index (χ1n) is 8.28. The van der Waals surface area contributed by atoms with E-state index in [-0.39, 0.29) is 24.6 Å². The number of hydrogen-bond acceptors (Lipinski definition) is 3. The zero-order chi connectivity index (χ0) is 19.6. The molecule has 2 aromatic carbocycles. The van der Waals surface area contributed by atoms with Gasteiger partial charge < -0.3 is 15.4 Å². The number of amides is 2. The van der Waals surface area contributed by atoms with Crippen LogP contribution in [-0.4, -0.2) is 29.9 Å². The van der Waals surface area contributed by atoms with E-state index in [4.69, 9.17) is 5.73 Å². The molecule has 5 nitrogen and oxygen atoms in total. The number of halogens is 2. The highest BCUT2D eigenvalue weighted by Crippen LogP contribution is 2.16. The lowest BCUT2D eigenvalue weighted by Gasteiger charge is -2.20. The number of benzene rings is 2. The fraction of sp³-hybridized carbons (Fsp3) is 0.200. The summed E-state index contributed by atoms with van der Waals surface area (Å²) in [5, 5.41) is 0. The molecular formula is C20H20F2N2O3. The molecule has 0 heterocycles. The Kier molecular flexibility index (Phi) is 7.49. The second-order valence-electron chi connectivity index (χ2n) is 5.74. The molecular weight excluding hydrogens is 354 g/mol. The normalized spacial score (nSPS) is 10.9. The predicted molar refractivity (Wildman–Crippen MR) is 97.8 cm³/mol. The summed E-state index contributed by atoms with van der Waals surface area (Å²) in [5.74, 6) is -0.729. The lowest BCUT2D eigenvalue weighted by Crippen LogP contribution is -2.32. The topological polar surface area (TPSA) is 72.6 Å². The van der Waals surface area contributed by atoms with Crippen molar-refractivity contribution in [2.24, 2.45) is 5.73 Å². The van der Waals surface area contributed by atoms with Crippen molar-refractivity contribution in [2.75, 3.05) is 6.54 Å². The molecule has 7 heteroatoms. The van der Waals surface area contributed by atoms with E-state index >= 15 is 0 Å². The van der Waals surface area contributed by atoms with Crippen LogP contribution >= 0.6 is 0 Å². The molecule has 0 radical (unpaired) electrons. The van der Waals surface area contributed by atoms with Crippen LogP contribution in [0.5, 0.6) is 5.75 Å². The maximum atomic E-state index is 12.5. The number of nitrogens with zero attached hydrogens (tertiary/aromatic N) is 1. The maximum Gasteiger partial charge on any atom is 0.387 e. The number of nitrogens with two attached hydrogens (primary N) is 1. The largest absolute Gasteiger partial charge is 0.435 e. The minimum absolute atomic E-state index is 0.0423. The maximum absolute atomic E-state index is 12.5. The van der Waals surface area contributed by atoms with Crippen molar-refractivity contribution >= 4 is 17.9 Å². The van der Waals surface area contributed by atoms with Gasteiger partial charge in [-0.05, 0) is 29.3 Å². The molecule has 2 amide bonds. The average molecular weight is 374 g/mol. The summed E-state index contributed by atoms with van der Waals surface area (Å²) in [6, 6.07) is 15.3. The van der Waals surface area contributed by atoms with E-state index in [1.54, 1.807) is 18.2 Å². The molecule has 0 aliphatic carbocycles. The highest BCUT2D eigenvalue weighted by molar-refractivity contribution is 5.92. The molecule has 0 atom stereocenters. The third-order valence-electron chi connectivity index (χ3n) is 3.68. The molecule has 2 rings (SSSR count). The van der Waals surface area contributed by atoms with Gasteiger partial charge in [-0.1, -0.05) is 42.5 Å². The van der Waals surface area contributed by atoms with Gasteiger partial charge in [-0.2, -0.15) is 8.78 Å². The second kappa shape index (κ2) is 10.1. The first kappa shape index (κ1) is 20.1. The standard InChI is InChI=1S/C20H20F2N2O3/c21-20(22)27-17-9-6-15(7-10-17)8-11-19(26)24(13-12-18(23)25)14-16-4-2-1-3-5-16/h1-11,20H,12-14H2,(H2,23,25). The number of alkyl halides is 2. The van der Waals surface area contributed by atoms with Gasteiger partial charge in [0.25, 0.3) is 0 Å². The molecule has 0 aliphatic rings. The Hall–Kier alpha value is -3.22. The van der Waals surface area contributed by atoms with Gasteiger partial charge in [-0.3, -0.25) is 9.59 Å². The van der Waals surface area contributed by atoms with Crippen molar-refractivity contribution in [1.82, 2.24) is 4.90 Å². The van der Waals surface area contributed by atoms with Crippen molar-refractivity contribution in [1.29, 1.82) is 0 Å². The number of rotatable bonds is 9. The lowest BCUT2D eigenvalue weighted by molar-refractivity contribution is -0.127. The van der Waals surface area contributed by atoms with Crippen LogP contribution in [-0.2, 0) is 16.1 Å². The van der Waals surface area contributed by atoms with E-state index in [0.29, 0.717) is 12.1 Å². The van der Waals surface area contributed by atoms with Crippen LogP contribution < -0.4 is 10.5 Å².